The van der Waals surface area contributed by atoms with Crippen molar-refractivity contribution in [2.24, 2.45) is 0 Å². The van der Waals surface area contributed by atoms with E-state index in [1.54, 1.807) is 37.4 Å². The summed E-state index contributed by atoms with van der Waals surface area (Å²) >= 11 is 0. The highest BCUT2D eigenvalue weighted by Gasteiger charge is 2.50. The number of aliphatic hydroxyl groups is 1. The second-order valence-electron chi connectivity index (χ2n) is 8.97. The van der Waals surface area contributed by atoms with Gasteiger partial charge in [-0.05, 0) is 62.8 Å². The van der Waals surface area contributed by atoms with Gasteiger partial charge >= 0.3 is 0 Å². The Morgan fingerprint density at radius 3 is 2.53 bits per heavy atom. The third kappa shape index (κ3) is 3.25. The maximum Gasteiger partial charge on any atom is 0.243 e. The number of nitrogens with one attached hydrogen (secondary N) is 1. The number of ether oxygens (including phenoxy) is 1. The maximum absolute atomic E-state index is 13.7. The Bertz CT molecular complexity index is 1230. The molecule has 0 saturated carbocycles. The summed E-state index contributed by atoms with van der Waals surface area (Å²) in [6.45, 7) is 1.85. The molecule has 5 rings (SSSR count). The zero-order valence-corrected chi connectivity index (χ0v) is 19.2. The van der Waals surface area contributed by atoms with Gasteiger partial charge in [0.25, 0.3) is 0 Å². The van der Waals surface area contributed by atoms with Crippen LogP contribution in [-0.2, 0) is 15.4 Å². The van der Waals surface area contributed by atoms with Crippen LogP contribution in [0, 0.1) is 0 Å². The summed E-state index contributed by atoms with van der Waals surface area (Å²) in [6, 6.07) is 13.8. The van der Waals surface area contributed by atoms with Crippen LogP contribution in [0.4, 0.5) is 0 Å². The molecule has 8 heteroatoms. The van der Waals surface area contributed by atoms with E-state index in [9.17, 15) is 13.5 Å². The highest BCUT2D eigenvalue weighted by molar-refractivity contribution is 7.89. The van der Waals surface area contributed by atoms with Crippen LogP contribution in [0.3, 0.4) is 0 Å². The number of hydrogen-bond donors (Lipinski definition) is 2. The molecule has 7 nitrogen and oxygen atoms in total. The third-order valence-electron chi connectivity index (χ3n) is 7.17. The van der Waals surface area contributed by atoms with E-state index in [4.69, 9.17) is 4.74 Å². The summed E-state index contributed by atoms with van der Waals surface area (Å²) in [5.74, 6) is 0.739. The SMILES string of the molecule is COc1ccc2c3c([nH]c2c1)[C@H](CO)N(S(=O)(=O)c1ccccc1)CC31CCN(C)CC1. The zero-order valence-electron chi connectivity index (χ0n) is 18.4. The Balaban J connectivity index is 1.72. The topological polar surface area (TPSA) is 85.9 Å². The number of piperidine rings is 1. The van der Waals surface area contributed by atoms with Crippen LogP contribution in [-0.4, -0.2) is 68.1 Å². The molecule has 1 atom stereocenters. The van der Waals surface area contributed by atoms with E-state index in [0.29, 0.717) is 6.54 Å². The van der Waals surface area contributed by atoms with Crippen molar-refractivity contribution in [3.63, 3.8) is 0 Å². The molecule has 0 radical (unpaired) electrons. The van der Waals surface area contributed by atoms with E-state index < -0.39 is 16.1 Å². The first kappa shape index (κ1) is 21.5. The number of sulfonamides is 1. The Hall–Kier alpha value is -2.39. The van der Waals surface area contributed by atoms with Gasteiger partial charge in [-0.1, -0.05) is 18.2 Å². The van der Waals surface area contributed by atoms with Crippen molar-refractivity contribution in [1.29, 1.82) is 0 Å². The minimum Gasteiger partial charge on any atom is -0.497 e. The van der Waals surface area contributed by atoms with E-state index in [0.717, 1.165) is 53.8 Å². The molecule has 0 bridgehead atoms. The van der Waals surface area contributed by atoms with Crippen LogP contribution in [0.1, 0.15) is 30.1 Å². The van der Waals surface area contributed by atoms with E-state index in [2.05, 4.69) is 23.0 Å². The summed E-state index contributed by atoms with van der Waals surface area (Å²) in [5, 5.41) is 11.5. The molecule has 1 fully saturated rings. The molecule has 3 aromatic rings. The highest BCUT2D eigenvalue weighted by atomic mass is 32.2. The highest BCUT2D eigenvalue weighted by Crippen LogP contribution is 2.50. The molecule has 1 saturated heterocycles. The summed E-state index contributed by atoms with van der Waals surface area (Å²) in [7, 11) is -0.0551. The van der Waals surface area contributed by atoms with Crippen LogP contribution in [0.5, 0.6) is 5.75 Å². The van der Waals surface area contributed by atoms with Gasteiger partial charge in [0.05, 0.1) is 24.7 Å². The Morgan fingerprint density at radius 2 is 1.88 bits per heavy atom. The molecule has 2 aromatic carbocycles. The van der Waals surface area contributed by atoms with Crippen molar-refractivity contribution >= 4 is 20.9 Å². The number of nitrogens with zero attached hydrogens (tertiary/aromatic N) is 2. The number of aromatic amines is 1. The van der Waals surface area contributed by atoms with Crippen LogP contribution in [0.15, 0.2) is 53.4 Å². The summed E-state index contributed by atoms with van der Waals surface area (Å²) < 4.78 is 34.4. The second-order valence-corrected chi connectivity index (χ2v) is 10.9. The van der Waals surface area contributed by atoms with Crippen molar-refractivity contribution < 1.29 is 18.3 Å². The Labute approximate surface area is 188 Å². The zero-order chi connectivity index (χ0) is 22.5. The molecule has 0 aliphatic carbocycles. The van der Waals surface area contributed by atoms with Gasteiger partial charge in [0.1, 0.15) is 5.75 Å². The van der Waals surface area contributed by atoms with Crippen molar-refractivity contribution in [2.75, 3.05) is 40.4 Å². The lowest BCUT2D eigenvalue weighted by Gasteiger charge is -2.49. The van der Waals surface area contributed by atoms with Crippen molar-refractivity contribution in [3.8, 4) is 5.75 Å². The van der Waals surface area contributed by atoms with Gasteiger partial charge in [-0.3, -0.25) is 0 Å². The monoisotopic (exact) mass is 455 g/mol. The average molecular weight is 456 g/mol. The van der Waals surface area contributed by atoms with Crippen LogP contribution >= 0.6 is 0 Å². The molecule has 2 aliphatic rings. The van der Waals surface area contributed by atoms with E-state index in [-0.39, 0.29) is 16.9 Å². The van der Waals surface area contributed by atoms with Gasteiger partial charge in [-0.25, -0.2) is 8.42 Å². The van der Waals surface area contributed by atoms with Crippen molar-refractivity contribution in [1.82, 2.24) is 14.2 Å². The van der Waals surface area contributed by atoms with Gasteiger partial charge in [0.2, 0.25) is 10.0 Å². The molecule has 1 spiro atoms. The van der Waals surface area contributed by atoms with E-state index >= 15 is 0 Å². The number of hydrogen-bond acceptors (Lipinski definition) is 5. The number of fused-ring (bicyclic) bond motifs is 4. The largest absolute Gasteiger partial charge is 0.497 e. The number of benzene rings is 2. The Morgan fingerprint density at radius 1 is 1.16 bits per heavy atom. The standard InChI is InChI=1S/C24H29N3O4S/c1-26-12-10-24(11-13-26)16-27(32(29,30)18-6-4-3-5-7-18)21(15-28)23-22(24)19-9-8-17(31-2)14-20(19)25-23/h3-9,14,21,25,28H,10-13,15-16H2,1-2H3/t21-/m0/s1. The molecule has 3 heterocycles. The molecular formula is C24H29N3O4S. The Kier molecular flexibility index (Phi) is 5.28. The molecule has 0 amide bonds. The predicted molar refractivity (Wildman–Crippen MR) is 123 cm³/mol. The fourth-order valence-electron chi connectivity index (χ4n) is 5.39. The summed E-state index contributed by atoms with van der Waals surface area (Å²) in [5.41, 5.74) is 2.54. The third-order valence-corrected chi connectivity index (χ3v) is 9.04. The van der Waals surface area contributed by atoms with Gasteiger partial charge < -0.3 is 19.7 Å². The molecule has 1 aromatic heterocycles. The molecule has 0 unspecified atom stereocenters. The molecular weight excluding hydrogens is 426 g/mol. The average Bonchev–Trinajstić information content (AvgIpc) is 3.21. The van der Waals surface area contributed by atoms with Gasteiger partial charge in [-0.2, -0.15) is 4.31 Å². The molecule has 32 heavy (non-hydrogen) atoms. The summed E-state index contributed by atoms with van der Waals surface area (Å²) in [6.07, 6.45) is 1.71. The fraction of sp³-hybridized carbons (Fsp3) is 0.417. The van der Waals surface area contributed by atoms with Gasteiger partial charge in [0.15, 0.2) is 0 Å². The number of H-pyrrole nitrogens is 1. The number of aliphatic hydroxyl groups excluding tert-OH is 1. The quantitative estimate of drug-likeness (QED) is 0.632. The van der Waals surface area contributed by atoms with Crippen LogP contribution in [0.25, 0.3) is 10.9 Å². The number of aromatic nitrogens is 1. The summed E-state index contributed by atoms with van der Waals surface area (Å²) in [4.78, 5) is 6.01. The number of rotatable bonds is 4. The second kappa shape index (κ2) is 7.88. The first-order valence-corrected chi connectivity index (χ1v) is 12.4. The van der Waals surface area contributed by atoms with Crippen molar-refractivity contribution in [3.05, 3.63) is 59.8 Å². The minimum atomic E-state index is -3.79. The van der Waals surface area contributed by atoms with Gasteiger partial charge in [-0.15, -0.1) is 0 Å². The van der Waals surface area contributed by atoms with Crippen LogP contribution in [0.2, 0.25) is 0 Å². The smallest absolute Gasteiger partial charge is 0.243 e. The minimum absolute atomic E-state index is 0.253. The first-order valence-electron chi connectivity index (χ1n) is 11.0. The molecule has 2 aliphatic heterocycles. The van der Waals surface area contributed by atoms with Gasteiger partial charge in [0, 0.05) is 34.6 Å². The van der Waals surface area contributed by atoms with Crippen LogP contribution < -0.4 is 4.74 Å². The van der Waals surface area contributed by atoms with E-state index in [1.807, 2.05) is 12.1 Å². The molecule has 170 valence electrons. The maximum atomic E-state index is 13.7. The normalized spacial score (nSPS) is 21.7. The lowest BCUT2D eigenvalue weighted by molar-refractivity contribution is 0.105. The first-order chi connectivity index (χ1) is 15.4. The molecule has 2 N–H and O–H groups in total. The van der Waals surface area contributed by atoms with E-state index in [1.165, 1.54) is 4.31 Å². The fourth-order valence-corrected chi connectivity index (χ4v) is 7.09. The number of likely N-dealkylation sites (tertiary alicyclic amines) is 1. The van der Waals surface area contributed by atoms with Crippen molar-refractivity contribution in [2.45, 2.75) is 29.2 Å². The lowest BCUT2D eigenvalue weighted by Crippen LogP contribution is -2.54. The lowest BCUT2D eigenvalue weighted by atomic mass is 9.69. The number of methoxy groups -OCH3 is 1. The predicted octanol–water partition coefficient (Wildman–Crippen LogP) is 2.88.